The average molecular weight is 403 g/mol. The van der Waals surface area contributed by atoms with E-state index in [9.17, 15) is 19.2 Å². The zero-order valence-electron chi connectivity index (χ0n) is 17.3. The molecule has 3 amide bonds. The number of amides is 3. The molecule has 0 radical (unpaired) electrons. The third kappa shape index (κ3) is 6.89. The van der Waals surface area contributed by atoms with Crippen molar-refractivity contribution in [2.75, 3.05) is 38.1 Å². The Balaban J connectivity index is 1.70. The minimum Gasteiger partial charge on any atom is -0.456 e. The lowest BCUT2D eigenvalue weighted by atomic mass is 10.0. The number of carbonyl (C=O) groups is 4. The molecule has 1 aromatic rings. The Morgan fingerprint density at radius 3 is 2.24 bits per heavy atom. The maximum atomic E-state index is 12.2. The maximum absolute atomic E-state index is 12.2. The number of hydrogen-bond acceptors (Lipinski definition) is 5. The number of carbonyl (C=O) groups excluding carboxylic acids is 4. The van der Waals surface area contributed by atoms with Crippen molar-refractivity contribution in [3.05, 3.63) is 29.8 Å². The molecule has 8 heteroatoms. The molecular weight excluding hydrogens is 374 g/mol. The average Bonchev–Trinajstić information content (AvgIpc) is 2.70. The highest BCUT2D eigenvalue weighted by molar-refractivity contribution is 5.93. The van der Waals surface area contributed by atoms with Gasteiger partial charge in [0, 0.05) is 45.2 Å². The molecule has 1 aliphatic heterocycles. The van der Waals surface area contributed by atoms with E-state index in [2.05, 4.69) is 5.32 Å². The van der Waals surface area contributed by atoms with Crippen LogP contribution in [-0.4, -0.2) is 66.3 Å². The molecule has 0 aromatic heterocycles. The van der Waals surface area contributed by atoms with Crippen LogP contribution in [0.3, 0.4) is 0 Å². The predicted molar refractivity (Wildman–Crippen MR) is 108 cm³/mol. The van der Waals surface area contributed by atoms with Crippen molar-refractivity contribution in [3.63, 3.8) is 0 Å². The molecule has 0 saturated carbocycles. The molecule has 0 aliphatic carbocycles. The summed E-state index contributed by atoms with van der Waals surface area (Å²) in [6.07, 6.45) is -0.0572. The number of esters is 1. The Bertz CT molecular complexity index is 754. The molecule has 2 rings (SSSR count). The van der Waals surface area contributed by atoms with Gasteiger partial charge in [-0.3, -0.25) is 19.2 Å². The second kappa shape index (κ2) is 10.6. The maximum Gasteiger partial charge on any atom is 0.306 e. The van der Waals surface area contributed by atoms with Gasteiger partial charge in [0.2, 0.25) is 11.8 Å². The first-order chi connectivity index (χ1) is 13.8. The van der Waals surface area contributed by atoms with Crippen molar-refractivity contribution in [2.24, 2.45) is 0 Å². The number of anilines is 1. The van der Waals surface area contributed by atoms with Gasteiger partial charge in [0.05, 0.1) is 6.42 Å². The van der Waals surface area contributed by atoms with Crippen LogP contribution >= 0.6 is 0 Å². The Labute approximate surface area is 171 Å². The SMILES string of the molecule is CC(=O)N1CCN(C(=O)CCC(=O)OCC(=O)Nc2ccccc2C(C)C)CC1. The van der Waals surface area contributed by atoms with Gasteiger partial charge in [0.15, 0.2) is 6.61 Å². The van der Waals surface area contributed by atoms with Gasteiger partial charge in [-0.15, -0.1) is 0 Å². The highest BCUT2D eigenvalue weighted by Gasteiger charge is 2.23. The van der Waals surface area contributed by atoms with Crippen LogP contribution in [-0.2, 0) is 23.9 Å². The predicted octanol–water partition coefficient (Wildman–Crippen LogP) is 1.76. The zero-order valence-corrected chi connectivity index (χ0v) is 17.3. The first-order valence-electron chi connectivity index (χ1n) is 9.85. The summed E-state index contributed by atoms with van der Waals surface area (Å²) in [5.41, 5.74) is 1.70. The molecule has 0 unspecified atom stereocenters. The number of ether oxygens (including phenoxy) is 1. The molecule has 1 aromatic carbocycles. The Hall–Kier alpha value is -2.90. The molecule has 0 bridgehead atoms. The number of nitrogens with one attached hydrogen (secondary N) is 1. The van der Waals surface area contributed by atoms with E-state index in [1.165, 1.54) is 6.92 Å². The Kier molecular flexibility index (Phi) is 8.18. The quantitative estimate of drug-likeness (QED) is 0.700. The first-order valence-corrected chi connectivity index (χ1v) is 9.85. The van der Waals surface area contributed by atoms with Crippen molar-refractivity contribution in [1.82, 2.24) is 9.80 Å². The van der Waals surface area contributed by atoms with Crippen LogP contribution in [0.5, 0.6) is 0 Å². The van der Waals surface area contributed by atoms with E-state index in [0.717, 1.165) is 5.56 Å². The monoisotopic (exact) mass is 403 g/mol. The van der Waals surface area contributed by atoms with Gasteiger partial charge in [0.25, 0.3) is 5.91 Å². The van der Waals surface area contributed by atoms with Crippen molar-refractivity contribution < 1.29 is 23.9 Å². The summed E-state index contributed by atoms with van der Waals surface area (Å²) in [5, 5.41) is 2.75. The number of rotatable bonds is 7. The number of piperazine rings is 1. The number of benzene rings is 1. The van der Waals surface area contributed by atoms with Crippen LogP contribution in [0.15, 0.2) is 24.3 Å². The first kappa shape index (κ1) is 22.4. The van der Waals surface area contributed by atoms with Gasteiger partial charge < -0.3 is 19.9 Å². The van der Waals surface area contributed by atoms with Crippen molar-refractivity contribution in [3.8, 4) is 0 Å². The zero-order chi connectivity index (χ0) is 21.4. The molecule has 0 atom stereocenters. The van der Waals surface area contributed by atoms with Crippen LogP contribution < -0.4 is 5.32 Å². The topological polar surface area (TPSA) is 96.0 Å². The highest BCUT2D eigenvalue weighted by atomic mass is 16.5. The van der Waals surface area contributed by atoms with Crippen molar-refractivity contribution >= 4 is 29.4 Å². The largest absolute Gasteiger partial charge is 0.456 e. The van der Waals surface area contributed by atoms with Gasteiger partial charge in [-0.05, 0) is 17.5 Å². The third-order valence-corrected chi connectivity index (χ3v) is 4.84. The van der Waals surface area contributed by atoms with Gasteiger partial charge >= 0.3 is 5.97 Å². The summed E-state index contributed by atoms with van der Waals surface area (Å²) in [7, 11) is 0. The number of para-hydroxylation sites is 1. The summed E-state index contributed by atoms with van der Waals surface area (Å²) in [6.45, 7) is 7.11. The Morgan fingerprint density at radius 1 is 1.00 bits per heavy atom. The van der Waals surface area contributed by atoms with Crippen molar-refractivity contribution in [1.29, 1.82) is 0 Å². The molecule has 1 saturated heterocycles. The van der Waals surface area contributed by atoms with Gasteiger partial charge in [-0.25, -0.2) is 0 Å². The molecule has 29 heavy (non-hydrogen) atoms. The Morgan fingerprint density at radius 2 is 1.62 bits per heavy atom. The minimum atomic E-state index is -0.590. The lowest BCUT2D eigenvalue weighted by Crippen LogP contribution is -2.50. The highest BCUT2D eigenvalue weighted by Crippen LogP contribution is 2.23. The summed E-state index contributed by atoms with van der Waals surface area (Å²) in [4.78, 5) is 50.8. The molecule has 8 nitrogen and oxygen atoms in total. The summed E-state index contributed by atoms with van der Waals surface area (Å²) < 4.78 is 4.99. The molecule has 1 fully saturated rings. The van der Waals surface area contributed by atoms with E-state index in [1.807, 2.05) is 32.0 Å². The van der Waals surface area contributed by atoms with E-state index < -0.39 is 18.5 Å². The third-order valence-electron chi connectivity index (χ3n) is 4.84. The van der Waals surface area contributed by atoms with Crippen LogP contribution in [0.1, 0.15) is 45.1 Å². The second-order valence-corrected chi connectivity index (χ2v) is 7.34. The van der Waals surface area contributed by atoms with Crippen LogP contribution in [0, 0.1) is 0 Å². The van der Waals surface area contributed by atoms with Crippen LogP contribution in [0.4, 0.5) is 5.69 Å². The lowest BCUT2D eigenvalue weighted by molar-refractivity contribution is -0.149. The molecule has 1 aliphatic rings. The smallest absolute Gasteiger partial charge is 0.306 e. The normalized spacial score (nSPS) is 13.9. The number of nitrogens with zero attached hydrogens (tertiary/aromatic N) is 2. The second-order valence-electron chi connectivity index (χ2n) is 7.34. The van der Waals surface area contributed by atoms with Gasteiger partial charge in [0.1, 0.15) is 0 Å². The fraction of sp³-hybridized carbons (Fsp3) is 0.524. The molecule has 1 N–H and O–H groups in total. The van der Waals surface area contributed by atoms with Gasteiger partial charge in [-0.2, -0.15) is 0 Å². The summed E-state index contributed by atoms with van der Waals surface area (Å²) in [5.74, 6) is -0.918. The van der Waals surface area contributed by atoms with Crippen LogP contribution in [0.25, 0.3) is 0 Å². The van der Waals surface area contributed by atoms with E-state index in [1.54, 1.807) is 15.9 Å². The van der Waals surface area contributed by atoms with E-state index >= 15 is 0 Å². The fourth-order valence-corrected chi connectivity index (χ4v) is 3.16. The van der Waals surface area contributed by atoms with Crippen molar-refractivity contribution in [2.45, 2.75) is 39.5 Å². The molecule has 1 heterocycles. The molecule has 158 valence electrons. The fourth-order valence-electron chi connectivity index (χ4n) is 3.16. The van der Waals surface area contributed by atoms with Crippen LogP contribution in [0.2, 0.25) is 0 Å². The summed E-state index contributed by atoms with van der Waals surface area (Å²) in [6, 6.07) is 7.48. The van der Waals surface area contributed by atoms with E-state index in [0.29, 0.717) is 31.9 Å². The summed E-state index contributed by atoms with van der Waals surface area (Å²) >= 11 is 0. The van der Waals surface area contributed by atoms with E-state index in [-0.39, 0.29) is 30.6 Å². The standard InChI is InChI=1S/C21H29N3O5/c1-15(2)17-6-4-5-7-18(17)22-19(26)14-29-21(28)9-8-20(27)24-12-10-23(11-13-24)16(3)25/h4-7,15H,8-14H2,1-3H3,(H,22,26). The lowest BCUT2D eigenvalue weighted by Gasteiger charge is -2.34. The van der Waals surface area contributed by atoms with Gasteiger partial charge in [-0.1, -0.05) is 32.0 Å². The number of hydrogen-bond donors (Lipinski definition) is 1. The van der Waals surface area contributed by atoms with E-state index in [4.69, 9.17) is 4.74 Å². The molecule has 0 spiro atoms. The minimum absolute atomic E-state index is 0.00466. The molecular formula is C21H29N3O5.